The number of carbonyl (C=O) groups excluding carboxylic acids is 1. The first-order valence-electron chi connectivity index (χ1n) is 8.42. The third-order valence-corrected chi connectivity index (χ3v) is 7.39. The van der Waals surface area contributed by atoms with E-state index >= 15 is 0 Å². The minimum absolute atomic E-state index is 0.0961. The molecule has 0 saturated carbocycles. The van der Waals surface area contributed by atoms with E-state index in [9.17, 15) is 13.2 Å². The van der Waals surface area contributed by atoms with Crippen molar-refractivity contribution >= 4 is 32.8 Å². The van der Waals surface area contributed by atoms with Gasteiger partial charge in [-0.1, -0.05) is 18.2 Å². The molecule has 29 heavy (non-hydrogen) atoms. The van der Waals surface area contributed by atoms with Gasteiger partial charge in [-0.15, -0.1) is 11.3 Å². The summed E-state index contributed by atoms with van der Waals surface area (Å²) < 4.78 is 41.3. The fraction of sp³-hybridized carbons (Fsp3) is 0.150. The normalized spacial score (nSPS) is 11.0. The second kappa shape index (κ2) is 8.54. The average molecular weight is 434 g/mol. The average Bonchev–Trinajstić information content (AvgIpc) is 3.25. The first-order chi connectivity index (χ1) is 13.9. The van der Waals surface area contributed by atoms with E-state index in [1.165, 1.54) is 45.6 Å². The van der Waals surface area contributed by atoms with E-state index in [4.69, 9.17) is 14.2 Å². The zero-order valence-electron chi connectivity index (χ0n) is 16.0. The summed E-state index contributed by atoms with van der Waals surface area (Å²) in [5, 5.41) is 2.72. The van der Waals surface area contributed by atoms with Crippen LogP contribution in [0.3, 0.4) is 0 Å². The van der Waals surface area contributed by atoms with Crippen LogP contribution in [-0.2, 0) is 9.84 Å². The van der Waals surface area contributed by atoms with Crippen LogP contribution >= 0.6 is 11.3 Å². The molecule has 0 bridgehead atoms. The maximum absolute atomic E-state index is 12.7. The van der Waals surface area contributed by atoms with E-state index in [0.29, 0.717) is 22.9 Å². The van der Waals surface area contributed by atoms with E-state index in [-0.39, 0.29) is 14.0 Å². The van der Waals surface area contributed by atoms with Crippen molar-refractivity contribution in [2.24, 2.45) is 0 Å². The summed E-state index contributed by atoms with van der Waals surface area (Å²) in [4.78, 5) is 13.1. The van der Waals surface area contributed by atoms with Crippen molar-refractivity contribution < 1.29 is 27.4 Å². The molecule has 152 valence electrons. The maximum atomic E-state index is 12.7. The lowest BCUT2D eigenvalue weighted by atomic mass is 10.2. The summed E-state index contributed by atoms with van der Waals surface area (Å²) >= 11 is 0.902. The number of rotatable bonds is 7. The van der Waals surface area contributed by atoms with E-state index in [1.54, 1.807) is 30.3 Å². The zero-order valence-corrected chi connectivity index (χ0v) is 17.6. The van der Waals surface area contributed by atoms with Crippen molar-refractivity contribution in [3.8, 4) is 17.2 Å². The smallest absolute Gasteiger partial charge is 0.265 e. The lowest BCUT2D eigenvalue weighted by molar-refractivity contribution is 0.103. The lowest BCUT2D eigenvalue weighted by Gasteiger charge is -2.14. The summed E-state index contributed by atoms with van der Waals surface area (Å²) in [6.07, 6.45) is 0. The monoisotopic (exact) mass is 433 g/mol. The highest BCUT2D eigenvalue weighted by Gasteiger charge is 2.22. The molecule has 3 aromatic rings. The number of ether oxygens (including phenoxy) is 3. The van der Waals surface area contributed by atoms with Crippen molar-refractivity contribution in [2.45, 2.75) is 9.10 Å². The van der Waals surface area contributed by atoms with Crippen LogP contribution in [0.4, 0.5) is 5.69 Å². The lowest BCUT2D eigenvalue weighted by Crippen LogP contribution is -2.10. The molecule has 7 nitrogen and oxygen atoms in total. The summed E-state index contributed by atoms with van der Waals surface area (Å²) in [5.41, 5.74) is 0.422. The van der Waals surface area contributed by atoms with Gasteiger partial charge in [-0.25, -0.2) is 8.42 Å². The van der Waals surface area contributed by atoms with E-state index in [0.717, 1.165) is 11.3 Å². The molecule has 1 N–H and O–H groups in total. The zero-order chi connectivity index (χ0) is 21.0. The quantitative estimate of drug-likeness (QED) is 0.608. The van der Waals surface area contributed by atoms with Gasteiger partial charge in [0.1, 0.15) is 4.21 Å². The van der Waals surface area contributed by atoms with Crippen LogP contribution in [0.1, 0.15) is 9.67 Å². The molecule has 0 spiro atoms. The molecule has 0 aliphatic heterocycles. The molecular weight excluding hydrogens is 414 g/mol. The van der Waals surface area contributed by atoms with Gasteiger partial charge in [0.2, 0.25) is 15.6 Å². The third kappa shape index (κ3) is 4.20. The summed E-state index contributed by atoms with van der Waals surface area (Å²) in [7, 11) is 0.762. The number of thiophene rings is 1. The molecule has 0 aliphatic carbocycles. The summed E-state index contributed by atoms with van der Waals surface area (Å²) in [5.74, 6) is 0.737. The van der Waals surface area contributed by atoms with Gasteiger partial charge in [0.25, 0.3) is 5.91 Å². The fourth-order valence-electron chi connectivity index (χ4n) is 2.65. The molecule has 0 unspecified atom stereocenters. The standard InChI is InChI=1S/C20H19NO6S2/c1-25-15-11-13(12-16(26-2)19(15)27-3)21-20(22)17-9-10-18(28-17)29(23,24)14-7-5-4-6-8-14/h4-12H,1-3H3,(H,21,22). The number of sulfone groups is 1. The number of benzene rings is 2. The van der Waals surface area contributed by atoms with E-state index in [2.05, 4.69) is 5.32 Å². The van der Waals surface area contributed by atoms with Gasteiger partial charge in [-0.3, -0.25) is 4.79 Å². The SMILES string of the molecule is COc1cc(NC(=O)c2ccc(S(=O)(=O)c3ccccc3)s2)cc(OC)c1OC. The number of hydrogen-bond acceptors (Lipinski definition) is 7. The van der Waals surface area contributed by atoms with Crippen molar-refractivity contribution in [1.82, 2.24) is 0 Å². The Morgan fingerprint density at radius 2 is 1.52 bits per heavy atom. The molecule has 2 aromatic carbocycles. The molecule has 1 amide bonds. The predicted octanol–water partition coefficient (Wildman–Crippen LogP) is 3.86. The molecule has 1 heterocycles. The Balaban J connectivity index is 1.86. The Morgan fingerprint density at radius 1 is 0.897 bits per heavy atom. The fourth-order valence-corrected chi connectivity index (χ4v) is 5.27. The molecule has 3 rings (SSSR count). The number of amides is 1. The number of nitrogens with one attached hydrogen (secondary N) is 1. The number of carbonyl (C=O) groups is 1. The van der Waals surface area contributed by atoms with E-state index in [1.807, 2.05) is 0 Å². The Kier molecular flexibility index (Phi) is 6.09. The minimum atomic E-state index is -3.67. The molecule has 0 aliphatic rings. The largest absolute Gasteiger partial charge is 0.493 e. The second-order valence-electron chi connectivity index (χ2n) is 5.80. The van der Waals surface area contributed by atoms with Crippen molar-refractivity contribution in [3.05, 3.63) is 59.5 Å². The summed E-state index contributed by atoms with van der Waals surface area (Å²) in [6.45, 7) is 0. The third-order valence-electron chi connectivity index (χ3n) is 4.05. The molecule has 9 heteroatoms. The van der Waals surface area contributed by atoms with Gasteiger partial charge in [-0.2, -0.15) is 0 Å². The van der Waals surface area contributed by atoms with Gasteiger partial charge >= 0.3 is 0 Å². The Labute approximate surface area is 172 Å². The second-order valence-corrected chi connectivity index (χ2v) is 9.06. The first kappa shape index (κ1) is 20.7. The van der Waals surface area contributed by atoms with Crippen molar-refractivity contribution in [1.29, 1.82) is 0 Å². The number of hydrogen-bond donors (Lipinski definition) is 1. The number of anilines is 1. The maximum Gasteiger partial charge on any atom is 0.265 e. The molecule has 0 fully saturated rings. The molecule has 0 radical (unpaired) electrons. The van der Waals surface area contributed by atoms with Crippen molar-refractivity contribution in [2.75, 3.05) is 26.6 Å². The Morgan fingerprint density at radius 3 is 2.07 bits per heavy atom. The molecule has 0 atom stereocenters. The van der Waals surface area contributed by atoms with Crippen LogP contribution in [0.5, 0.6) is 17.2 Å². The molecule has 1 aromatic heterocycles. The number of methoxy groups -OCH3 is 3. The highest BCUT2D eigenvalue weighted by Crippen LogP contribution is 2.40. The van der Waals surface area contributed by atoms with E-state index < -0.39 is 15.7 Å². The Bertz CT molecular complexity index is 1100. The van der Waals surface area contributed by atoms with Gasteiger partial charge in [0.05, 0.1) is 31.1 Å². The van der Waals surface area contributed by atoms with Crippen LogP contribution in [0, 0.1) is 0 Å². The minimum Gasteiger partial charge on any atom is -0.493 e. The topological polar surface area (TPSA) is 90.9 Å². The predicted molar refractivity (Wildman–Crippen MR) is 110 cm³/mol. The molecule has 0 saturated heterocycles. The first-order valence-corrected chi connectivity index (χ1v) is 10.7. The van der Waals surface area contributed by atoms with Gasteiger partial charge in [0, 0.05) is 17.8 Å². The van der Waals surface area contributed by atoms with Crippen LogP contribution in [0.25, 0.3) is 0 Å². The van der Waals surface area contributed by atoms with Crippen LogP contribution in [0.15, 0.2) is 63.7 Å². The van der Waals surface area contributed by atoms with Gasteiger partial charge < -0.3 is 19.5 Å². The van der Waals surface area contributed by atoms with Gasteiger partial charge in [-0.05, 0) is 24.3 Å². The summed E-state index contributed by atoms with van der Waals surface area (Å²) in [6, 6.07) is 14.2. The highest BCUT2D eigenvalue weighted by molar-refractivity contribution is 7.93. The Hall–Kier alpha value is -3.04. The van der Waals surface area contributed by atoms with Crippen LogP contribution in [0.2, 0.25) is 0 Å². The van der Waals surface area contributed by atoms with Crippen molar-refractivity contribution in [3.63, 3.8) is 0 Å². The van der Waals surface area contributed by atoms with Crippen LogP contribution < -0.4 is 19.5 Å². The molecular formula is C20H19NO6S2. The van der Waals surface area contributed by atoms with Gasteiger partial charge in [0.15, 0.2) is 11.5 Å². The highest BCUT2D eigenvalue weighted by atomic mass is 32.2. The van der Waals surface area contributed by atoms with Crippen LogP contribution in [-0.4, -0.2) is 35.7 Å².